The van der Waals surface area contributed by atoms with Crippen LogP contribution in [0.25, 0.3) is 0 Å². The van der Waals surface area contributed by atoms with Crippen LogP contribution in [0.2, 0.25) is 0 Å². The maximum Gasteiger partial charge on any atom is 0.120 e. The van der Waals surface area contributed by atoms with Gasteiger partial charge in [-0.1, -0.05) is 13.0 Å². The highest BCUT2D eigenvalue weighted by Crippen LogP contribution is 2.19. The molecule has 0 aliphatic carbocycles. The van der Waals surface area contributed by atoms with Crippen LogP contribution in [-0.4, -0.2) is 24.1 Å². The van der Waals surface area contributed by atoms with E-state index in [2.05, 4.69) is 0 Å². The Kier molecular flexibility index (Phi) is 10.2. The number of carbonyl (C=O) groups excluding carboxylic acids is 1. The van der Waals surface area contributed by atoms with Crippen LogP contribution >= 0.6 is 0 Å². The van der Waals surface area contributed by atoms with E-state index < -0.39 is 0 Å². The van der Waals surface area contributed by atoms with Gasteiger partial charge < -0.3 is 20.7 Å². The van der Waals surface area contributed by atoms with Gasteiger partial charge in [-0.15, -0.1) is 0 Å². The fourth-order valence-electron chi connectivity index (χ4n) is 0.880. The Morgan fingerprint density at radius 2 is 1.86 bits per heavy atom. The predicted molar refractivity (Wildman–Crippen MR) is 57.2 cm³/mol. The van der Waals surface area contributed by atoms with Crippen molar-refractivity contribution >= 4 is 12.5 Å². The van der Waals surface area contributed by atoms with E-state index in [1.54, 1.807) is 12.1 Å². The van der Waals surface area contributed by atoms with Gasteiger partial charge in [0.05, 0.1) is 0 Å². The molecule has 4 heteroatoms. The molecule has 0 saturated heterocycles. The minimum absolute atomic E-state index is 0.294. The zero-order valence-electron chi connectivity index (χ0n) is 8.53. The first-order valence-electron chi connectivity index (χ1n) is 4.05. The minimum atomic E-state index is 0.294. The third kappa shape index (κ3) is 5.16. The number of nitrogen functional groups attached to an aromatic ring is 1. The van der Waals surface area contributed by atoms with Crippen molar-refractivity contribution in [3.05, 3.63) is 23.8 Å². The van der Waals surface area contributed by atoms with Gasteiger partial charge in [0.15, 0.2) is 0 Å². The van der Waals surface area contributed by atoms with E-state index in [-0.39, 0.29) is 0 Å². The first kappa shape index (κ1) is 14.9. The smallest absolute Gasteiger partial charge is 0.120 e. The quantitative estimate of drug-likeness (QED) is 0.588. The first-order chi connectivity index (χ1) is 6.74. The van der Waals surface area contributed by atoms with Crippen LogP contribution in [-0.2, 0) is 11.2 Å². The topological polar surface area (TPSA) is 83.6 Å². The minimum Gasteiger partial charge on any atom is -0.508 e. The molecule has 0 unspecified atom stereocenters. The van der Waals surface area contributed by atoms with Gasteiger partial charge in [0, 0.05) is 18.9 Å². The molecule has 80 valence electrons. The molecule has 0 heterocycles. The van der Waals surface area contributed by atoms with Gasteiger partial charge in [-0.05, 0) is 18.1 Å². The molecule has 1 aromatic rings. The molecule has 1 aromatic carbocycles. The second kappa shape index (κ2) is 9.54. The second-order valence-electron chi connectivity index (χ2n) is 2.24. The normalized spacial score (nSPS) is 7.64. The molecule has 0 radical (unpaired) electrons. The summed E-state index contributed by atoms with van der Waals surface area (Å²) in [5.41, 5.74) is 6.97. The molecule has 0 aromatic heterocycles. The molecule has 4 nitrogen and oxygen atoms in total. The Hall–Kier alpha value is -1.55. The molecule has 0 spiro atoms. The van der Waals surface area contributed by atoms with Gasteiger partial charge in [-0.2, -0.15) is 0 Å². The number of aliphatic hydroxyl groups is 1. The third-order valence-corrected chi connectivity index (χ3v) is 1.49. The Labute approximate surface area is 84.0 Å². The van der Waals surface area contributed by atoms with Crippen LogP contribution in [0.3, 0.4) is 0 Å². The summed E-state index contributed by atoms with van der Waals surface area (Å²) in [6.45, 7) is 3.99. The Balaban J connectivity index is 0. The third-order valence-electron chi connectivity index (χ3n) is 1.49. The van der Waals surface area contributed by atoms with Crippen molar-refractivity contribution in [3.63, 3.8) is 0 Å². The van der Waals surface area contributed by atoms with Crippen molar-refractivity contribution in [1.82, 2.24) is 0 Å². The van der Waals surface area contributed by atoms with E-state index in [1.165, 1.54) is 0 Å². The van der Waals surface area contributed by atoms with Crippen molar-refractivity contribution in [2.24, 2.45) is 0 Å². The van der Waals surface area contributed by atoms with Crippen LogP contribution < -0.4 is 5.73 Å². The summed E-state index contributed by atoms with van der Waals surface area (Å²) in [7, 11) is 1.00. The molecular weight excluding hydrogens is 182 g/mol. The molecule has 0 amide bonds. The lowest BCUT2D eigenvalue weighted by Gasteiger charge is -2.00. The number of nitrogens with two attached hydrogens (primary N) is 1. The summed E-state index contributed by atoms with van der Waals surface area (Å²) in [4.78, 5) is 8.00. The van der Waals surface area contributed by atoms with Gasteiger partial charge in [0.25, 0.3) is 0 Å². The lowest BCUT2D eigenvalue weighted by Crippen LogP contribution is -1.86. The van der Waals surface area contributed by atoms with Gasteiger partial charge in [0.1, 0.15) is 12.5 Å². The largest absolute Gasteiger partial charge is 0.508 e. The number of aryl methyl sites for hydroxylation is 1. The molecule has 0 bridgehead atoms. The Morgan fingerprint density at radius 3 is 2.21 bits per heavy atom. The van der Waals surface area contributed by atoms with Crippen molar-refractivity contribution in [2.45, 2.75) is 13.3 Å². The second-order valence-corrected chi connectivity index (χ2v) is 2.24. The molecule has 1 rings (SSSR count). The maximum absolute atomic E-state index is 9.21. The van der Waals surface area contributed by atoms with Crippen LogP contribution in [0.4, 0.5) is 5.69 Å². The first-order valence-corrected chi connectivity index (χ1v) is 4.05. The Bertz CT molecular complexity index is 251. The van der Waals surface area contributed by atoms with E-state index in [4.69, 9.17) is 15.6 Å². The summed E-state index contributed by atoms with van der Waals surface area (Å²) >= 11 is 0. The van der Waals surface area contributed by atoms with E-state index in [9.17, 15) is 5.11 Å². The number of anilines is 1. The summed E-state index contributed by atoms with van der Waals surface area (Å²) in [6, 6.07) is 5.20. The van der Waals surface area contributed by atoms with Crippen molar-refractivity contribution < 1.29 is 15.0 Å². The monoisotopic (exact) mass is 199 g/mol. The molecule has 0 aliphatic heterocycles. The number of aliphatic hydroxyl groups excluding tert-OH is 1. The van der Waals surface area contributed by atoms with Crippen LogP contribution in [0, 0.1) is 0 Å². The zero-order valence-corrected chi connectivity index (χ0v) is 8.53. The Morgan fingerprint density at radius 1 is 1.36 bits per heavy atom. The van der Waals surface area contributed by atoms with Crippen LogP contribution in [0.15, 0.2) is 18.2 Å². The summed E-state index contributed by atoms with van der Waals surface area (Å²) < 4.78 is 0. The van der Waals surface area contributed by atoms with Gasteiger partial charge in [-0.25, -0.2) is 0 Å². The van der Waals surface area contributed by atoms with Crippen LogP contribution in [0.1, 0.15) is 12.5 Å². The lowest BCUT2D eigenvalue weighted by atomic mass is 10.1. The van der Waals surface area contributed by atoms with E-state index >= 15 is 0 Å². The lowest BCUT2D eigenvalue weighted by molar-refractivity contribution is -0.0979. The highest BCUT2D eigenvalue weighted by Gasteiger charge is 1.96. The maximum atomic E-state index is 9.21. The molecule has 0 atom stereocenters. The average Bonchev–Trinajstić information content (AvgIpc) is 2.24. The van der Waals surface area contributed by atoms with Gasteiger partial charge in [-0.3, -0.25) is 0 Å². The number of hydrogen-bond acceptors (Lipinski definition) is 4. The summed E-state index contributed by atoms with van der Waals surface area (Å²) in [6.07, 6.45) is 0.839. The highest BCUT2D eigenvalue weighted by molar-refractivity contribution is 5.47. The van der Waals surface area contributed by atoms with Crippen molar-refractivity contribution in [2.75, 3.05) is 12.8 Å². The number of benzene rings is 1. The molecule has 0 fully saturated rings. The van der Waals surface area contributed by atoms with Crippen molar-refractivity contribution in [3.8, 4) is 5.75 Å². The zero-order chi connectivity index (χ0) is 11.6. The number of carbonyl (C=O) groups is 1. The summed E-state index contributed by atoms with van der Waals surface area (Å²) in [5, 5.41) is 16.2. The van der Waals surface area contributed by atoms with Crippen LogP contribution in [0.5, 0.6) is 5.75 Å². The average molecular weight is 199 g/mol. The number of rotatable bonds is 1. The molecular formula is C10H17NO3. The standard InChI is InChI=1S/C8H11NO.CH4O.CH2O/c1-2-6-3-4-7(9)5-8(6)10;2*1-2/h3-5,10H,2,9H2,1H3;2H,1H3;1H2. The number of phenols is 1. The number of phenolic OH excluding ortho intramolecular Hbond substituents is 1. The van der Waals surface area contributed by atoms with Crippen molar-refractivity contribution in [1.29, 1.82) is 0 Å². The number of aromatic hydroxyl groups is 1. The fourth-order valence-corrected chi connectivity index (χ4v) is 0.880. The molecule has 14 heavy (non-hydrogen) atoms. The van der Waals surface area contributed by atoms with E-state index in [0.717, 1.165) is 19.1 Å². The summed E-state index contributed by atoms with van der Waals surface area (Å²) in [5.74, 6) is 0.294. The number of hydrogen-bond donors (Lipinski definition) is 3. The van der Waals surface area contributed by atoms with Gasteiger partial charge in [0.2, 0.25) is 0 Å². The SMILES string of the molecule is C=O.CCc1ccc(N)cc1O.CO. The van der Waals surface area contributed by atoms with E-state index in [0.29, 0.717) is 11.4 Å². The van der Waals surface area contributed by atoms with Gasteiger partial charge >= 0.3 is 0 Å². The molecule has 0 saturated carbocycles. The predicted octanol–water partition coefficient (Wildman–Crippen LogP) is 0.960. The van der Waals surface area contributed by atoms with E-state index in [1.807, 2.05) is 19.8 Å². The fraction of sp³-hybridized carbons (Fsp3) is 0.300. The molecule has 0 aliphatic rings. The molecule has 4 N–H and O–H groups in total. The highest BCUT2D eigenvalue weighted by atomic mass is 16.3.